The normalized spacial score (nSPS) is 13.0. The predicted octanol–water partition coefficient (Wildman–Crippen LogP) is 19.6. The van der Waals surface area contributed by atoms with E-state index in [0.717, 1.165) is 122 Å². The van der Waals surface area contributed by atoms with Crippen molar-refractivity contribution in [2.75, 3.05) is 13.2 Å². The van der Waals surface area contributed by atoms with Gasteiger partial charge in [0.05, 0.1) is 0 Å². The van der Waals surface area contributed by atoms with E-state index < -0.39 is 6.10 Å². The molecule has 0 N–H and O–H groups in total. The first-order chi connectivity index (χ1) is 35.0. The molecule has 71 heavy (non-hydrogen) atoms. The molecular formula is C65H106O6. The maximum atomic E-state index is 12.7. The molecule has 0 aromatic heterocycles. The summed E-state index contributed by atoms with van der Waals surface area (Å²) in [5, 5.41) is 0. The van der Waals surface area contributed by atoms with E-state index in [1.54, 1.807) is 0 Å². The summed E-state index contributed by atoms with van der Waals surface area (Å²) >= 11 is 0. The topological polar surface area (TPSA) is 78.9 Å². The third-order valence-electron chi connectivity index (χ3n) is 12.0. The Morgan fingerprint density at radius 1 is 0.296 bits per heavy atom. The van der Waals surface area contributed by atoms with Crippen LogP contribution in [0, 0.1) is 0 Å². The van der Waals surface area contributed by atoms with E-state index in [1.165, 1.54) is 83.5 Å². The molecule has 0 amide bonds. The standard InChI is InChI=1S/C65H106O6/c1-4-7-10-13-15-17-19-21-23-25-26-27-28-29-30-31-32-33-34-35-36-37-38-40-41-43-45-47-49-52-55-58-64(67)70-61-62(60-69-63(66)57-54-51-12-9-6-3)71-65(68)59-56-53-50-48-46-44-42-39-24-22-20-18-16-14-11-8-5-2/h7-8,10-11,15-18,21-24,26-27,29-30,42,44,48,50,62H,4-6,9,12-14,19-20,25,28,31-41,43,45-47,49,51-61H2,1-3H3/b10-7-,11-8-,17-15-,18-16-,23-21-,24-22-,27-26-,30-29-,44-42-,50-48-. The van der Waals surface area contributed by atoms with Gasteiger partial charge < -0.3 is 14.2 Å². The number of rotatable bonds is 51. The molecule has 1 unspecified atom stereocenters. The first kappa shape index (κ1) is 66.8. The SMILES string of the molecule is CC/C=C\C/C=C\C/C=C\C/C=C\C/C=C\CCCCCCCCCCCCCCCCCC(=O)OCC(COC(=O)CCCCCCC)OC(=O)CCC/C=C\C/C=C\C/C=C\C/C=C\C/C=C\CC. The van der Waals surface area contributed by atoms with E-state index >= 15 is 0 Å². The lowest BCUT2D eigenvalue weighted by Crippen LogP contribution is -2.30. The zero-order valence-electron chi connectivity index (χ0n) is 45.9. The van der Waals surface area contributed by atoms with Crippen LogP contribution in [0.15, 0.2) is 122 Å². The van der Waals surface area contributed by atoms with E-state index in [1.807, 2.05) is 0 Å². The minimum Gasteiger partial charge on any atom is -0.462 e. The first-order valence-electron chi connectivity index (χ1n) is 29.0. The van der Waals surface area contributed by atoms with Crippen molar-refractivity contribution < 1.29 is 28.6 Å². The Hall–Kier alpha value is -4.19. The van der Waals surface area contributed by atoms with E-state index in [4.69, 9.17) is 14.2 Å². The van der Waals surface area contributed by atoms with Gasteiger partial charge in [-0.3, -0.25) is 14.4 Å². The second-order valence-electron chi connectivity index (χ2n) is 18.8. The molecule has 0 rings (SSSR count). The van der Waals surface area contributed by atoms with Crippen LogP contribution in [0.2, 0.25) is 0 Å². The lowest BCUT2D eigenvalue weighted by Gasteiger charge is -2.18. The van der Waals surface area contributed by atoms with Crippen molar-refractivity contribution in [3.8, 4) is 0 Å². The molecule has 0 saturated carbocycles. The summed E-state index contributed by atoms with van der Waals surface area (Å²) in [6.45, 7) is 6.27. The highest BCUT2D eigenvalue weighted by Gasteiger charge is 2.19. The lowest BCUT2D eigenvalue weighted by molar-refractivity contribution is -0.167. The van der Waals surface area contributed by atoms with Crippen LogP contribution in [-0.2, 0) is 28.6 Å². The summed E-state index contributed by atoms with van der Waals surface area (Å²) in [7, 11) is 0. The molecule has 0 aliphatic heterocycles. The average Bonchev–Trinajstić information content (AvgIpc) is 3.37. The summed E-state index contributed by atoms with van der Waals surface area (Å²) in [4.78, 5) is 37.8. The van der Waals surface area contributed by atoms with E-state index in [9.17, 15) is 14.4 Å². The van der Waals surface area contributed by atoms with Crippen molar-refractivity contribution in [2.24, 2.45) is 0 Å². The van der Waals surface area contributed by atoms with Gasteiger partial charge in [-0.1, -0.05) is 251 Å². The number of carbonyl (C=O) groups excluding carboxylic acids is 3. The number of hydrogen-bond donors (Lipinski definition) is 0. The Kier molecular flexibility index (Phi) is 54.9. The van der Waals surface area contributed by atoms with Crippen molar-refractivity contribution >= 4 is 17.9 Å². The highest BCUT2D eigenvalue weighted by atomic mass is 16.6. The second kappa shape index (κ2) is 58.4. The molecular weight excluding hydrogens is 877 g/mol. The molecule has 0 fully saturated rings. The molecule has 0 saturated heterocycles. The van der Waals surface area contributed by atoms with Crippen LogP contribution in [0.5, 0.6) is 0 Å². The molecule has 0 aromatic rings. The summed E-state index contributed by atoms with van der Waals surface area (Å²) in [6.07, 6.45) is 81.1. The molecule has 0 aromatic carbocycles. The molecule has 402 valence electrons. The minimum absolute atomic E-state index is 0.102. The average molecular weight is 984 g/mol. The Bertz CT molecular complexity index is 1500. The monoisotopic (exact) mass is 983 g/mol. The number of unbranched alkanes of at least 4 members (excludes halogenated alkanes) is 20. The molecule has 1 atom stereocenters. The Labute approximate surface area is 437 Å². The molecule has 0 aliphatic rings. The number of allylic oxidation sites excluding steroid dienone is 20. The summed E-state index contributed by atoms with van der Waals surface area (Å²) in [5.74, 6) is -0.977. The lowest BCUT2D eigenvalue weighted by atomic mass is 10.0. The molecule has 6 nitrogen and oxygen atoms in total. The summed E-state index contributed by atoms with van der Waals surface area (Å²) in [6, 6.07) is 0. The maximum Gasteiger partial charge on any atom is 0.306 e. The minimum atomic E-state index is -0.805. The number of ether oxygens (including phenoxy) is 3. The van der Waals surface area contributed by atoms with Crippen LogP contribution in [0.1, 0.15) is 252 Å². The van der Waals surface area contributed by atoms with Gasteiger partial charge in [0.1, 0.15) is 13.2 Å². The Morgan fingerprint density at radius 2 is 0.563 bits per heavy atom. The van der Waals surface area contributed by atoms with Crippen LogP contribution >= 0.6 is 0 Å². The van der Waals surface area contributed by atoms with Crippen LogP contribution in [0.25, 0.3) is 0 Å². The number of esters is 3. The predicted molar refractivity (Wildman–Crippen MR) is 306 cm³/mol. The van der Waals surface area contributed by atoms with Crippen LogP contribution in [0.3, 0.4) is 0 Å². The third-order valence-corrected chi connectivity index (χ3v) is 12.0. The van der Waals surface area contributed by atoms with Gasteiger partial charge in [0, 0.05) is 19.3 Å². The molecule has 0 heterocycles. The molecule has 0 spiro atoms. The number of hydrogen-bond acceptors (Lipinski definition) is 6. The molecule has 0 radical (unpaired) electrons. The van der Waals surface area contributed by atoms with Gasteiger partial charge in [-0.25, -0.2) is 0 Å². The fourth-order valence-electron chi connectivity index (χ4n) is 7.68. The van der Waals surface area contributed by atoms with Gasteiger partial charge in [0.25, 0.3) is 0 Å². The van der Waals surface area contributed by atoms with Gasteiger partial charge in [-0.05, 0) is 103 Å². The van der Waals surface area contributed by atoms with E-state index in [2.05, 4.69) is 142 Å². The summed E-state index contributed by atoms with van der Waals surface area (Å²) in [5.41, 5.74) is 0. The van der Waals surface area contributed by atoms with Crippen LogP contribution < -0.4 is 0 Å². The number of carbonyl (C=O) groups is 3. The van der Waals surface area contributed by atoms with Gasteiger partial charge in [0.15, 0.2) is 6.10 Å². The molecule has 0 aliphatic carbocycles. The van der Waals surface area contributed by atoms with Gasteiger partial charge in [-0.15, -0.1) is 0 Å². The largest absolute Gasteiger partial charge is 0.462 e. The summed E-state index contributed by atoms with van der Waals surface area (Å²) < 4.78 is 16.7. The van der Waals surface area contributed by atoms with Crippen molar-refractivity contribution in [3.63, 3.8) is 0 Å². The van der Waals surface area contributed by atoms with E-state index in [0.29, 0.717) is 19.3 Å². The highest BCUT2D eigenvalue weighted by molar-refractivity contribution is 5.71. The van der Waals surface area contributed by atoms with Crippen LogP contribution in [0.4, 0.5) is 0 Å². The first-order valence-corrected chi connectivity index (χ1v) is 29.0. The fraction of sp³-hybridized carbons (Fsp3) is 0.646. The highest BCUT2D eigenvalue weighted by Crippen LogP contribution is 2.15. The van der Waals surface area contributed by atoms with Crippen molar-refractivity contribution in [3.05, 3.63) is 122 Å². The fourth-order valence-corrected chi connectivity index (χ4v) is 7.68. The van der Waals surface area contributed by atoms with Crippen molar-refractivity contribution in [2.45, 2.75) is 258 Å². The molecule has 0 bridgehead atoms. The maximum absolute atomic E-state index is 12.7. The molecule has 6 heteroatoms. The van der Waals surface area contributed by atoms with Gasteiger partial charge >= 0.3 is 17.9 Å². The Morgan fingerprint density at radius 3 is 0.901 bits per heavy atom. The van der Waals surface area contributed by atoms with Crippen LogP contribution in [-0.4, -0.2) is 37.2 Å². The zero-order chi connectivity index (χ0) is 51.4. The quantitative estimate of drug-likeness (QED) is 0.0261. The van der Waals surface area contributed by atoms with Gasteiger partial charge in [0.2, 0.25) is 0 Å². The third kappa shape index (κ3) is 56.6. The second-order valence-corrected chi connectivity index (χ2v) is 18.8. The van der Waals surface area contributed by atoms with Gasteiger partial charge in [-0.2, -0.15) is 0 Å². The Balaban J connectivity index is 4.07. The van der Waals surface area contributed by atoms with Crippen molar-refractivity contribution in [1.82, 2.24) is 0 Å². The zero-order valence-corrected chi connectivity index (χ0v) is 45.9. The van der Waals surface area contributed by atoms with E-state index in [-0.39, 0.29) is 37.5 Å². The van der Waals surface area contributed by atoms with Crippen molar-refractivity contribution in [1.29, 1.82) is 0 Å². The smallest absolute Gasteiger partial charge is 0.306 e.